The number of likely N-dealkylation sites (tertiary alicyclic amines) is 1. The normalized spacial score (nSPS) is 22.5. The second-order valence-electron chi connectivity index (χ2n) is 8.23. The van der Waals surface area contributed by atoms with Crippen LogP contribution < -0.4 is 5.69 Å². The molecule has 2 fully saturated rings. The molecular weight excluding hydrogens is 310 g/mol. The number of piperidine rings is 1. The summed E-state index contributed by atoms with van der Waals surface area (Å²) < 4.78 is 2.01. The number of rotatable bonds is 3. The fourth-order valence-electron chi connectivity index (χ4n) is 5.07. The van der Waals surface area contributed by atoms with Gasteiger partial charge in [-0.15, -0.1) is 0 Å². The van der Waals surface area contributed by atoms with Gasteiger partial charge in [-0.25, -0.2) is 4.79 Å². The summed E-state index contributed by atoms with van der Waals surface area (Å²) in [5, 5.41) is 0. The van der Waals surface area contributed by atoms with Gasteiger partial charge in [0.25, 0.3) is 0 Å². The SMILES string of the molecule is Cc1ccc2c(c1)[nH]c(=O)n2C1CCN(C(C)C2CCCCC2)CC1. The van der Waals surface area contributed by atoms with Gasteiger partial charge in [0.1, 0.15) is 0 Å². The number of H-pyrrole nitrogens is 1. The molecule has 1 saturated carbocycles. The molecule has 1 saturated heterocycles. The number of imidazole rings is 1. The first-order valence-electron chi connectivity index (χ1n) is 10.1. The van der Waals surface area contributed by atoms with Crippen LogP contribution in [-0.4, -0.2) is 33.6 Å². The van der Waals surface area contributed by atoms with Gasteiger partial charge in [0.2, 0.25) is 0 Å². The van der Waals surface area contributed by atoms with Crippen molar-refractivity contribution in [3.05, 3.63) is 34.2 Å². The quantitative estimate of drug-likeness (QED) is 0.907. The summed E-state index contributed by atoms with van der Waals surface area (Å²) in [6.07, 6.45) is 9.22. The first-order chi connectivity index (χ1) is 12.1. The van der Waals surface area contributed by atoms with Crippen molar-refractivity contribution in [3.63, 3.8) is 0 Å². The largest absolute Gasteiger partial charge is 0.326 e. The summed E-state index contributed by atoms with van der Waals surface area (Å²) in [5.74, 6) is 0.879. The smallest absolute Gasteiger partial charge is 0.306 e. The average molecular weight is 341 g/mol. The summed E-state index contributed by atoms with van der Waals surface area (Å²) in [7, 11) is 0. The van der Waals surface area contributed by atoms with Gasteiger partial charge in [-0.2, -0.15) is 0 Å². The Labute approximate surface area is 150 Å². The van der Waals surface area contributed by atoms with E-state index in [0.29, 0.717) is 12.1 Å². The van der Waals surface area contributed by atoms with Crippen LogP contribution in [0.5, 0.6) is 0 Å². The Balaban J connectivity index is 1.47. The molecule has 136 valence electrons. The van der Waals surface area contributed by atoms with Crippen LogP contribution in [0.2, 0.25) is 0 Å². The zero-order valence-corrected chi connectivity index (χ0v) is 15.6. The monoisotopic (exact) mass is 341 g/mol. The molecule has 0 bridgehead atoms. The second kappa shape index (κ2) is 6.99. The molecular formula is C21H31N3O. The minimum absolute atomic E-state index is 0.0550. The summed E-state index contributed by atoms with van der Waals surface area (Å²) >= 11 is 0. The molecule has 0 amide bonds. The van der Waals surface area contributed by atoms with Gasteiger partial charge >= 0.3 is 5.69 Å². The predicted molar refractivity (Wildman–Crippen MR) is 103 cm³/mol. The molecule has 1 aromatic carbocycles. The molecule has 1 aliphatic heterocycles. The van der Waals surface area contributed by atoms with Gasteiger partial charge in [-0.3, -0.25) is 4.57 Å². The number of fused-ring (bicyclic) bond motifs is 1. The molecule has 1 unspecified atom stereocenters. The third-order valence-electron chi connectivity index (χ3n) is 6.64. The third-order valence-corrected chi connectivity index (χ3v) is 6.64. The molecule has 2 aliphatic rings. The van der Waals surface area contributed by atoms with Crippen molar-refractivity contribution in [2.45, 2.75) is 70.9 Å². The van der Waals surface area contributed by atoms with Crippen LogP contribution in [0.4, 0.5) is 0 Å². The highest BCUT2D eigenvalue weighted by molar-refractivity contribution is 5.76. The van der Waals surface area contributed by atoms with E-state index < -0.39 is 0 Å². The minimum atomic E-state index is 0.0550. The number of hydrogen-bond donors (Lipinski definition) is 1. The van der Waals surface area contributed by atoms with Crippen molar-refractivity contribution in [3.8, 4) is 0 Å². The molecule has 4 nitrogen and oxygen atoms in total. The van der Waals surface area contributed by atoms with E-state index in [1.165, 1.54) is 37.7 Å². The molecule has 1 atom stereocenters. The van der Waals surface area contributed by atoms with Gasteiger partial charge in [-0.05, 0) is 63.1 Å². The van der Waals surface area contributed by atoms with Crippen molar-refractivity contribution < 1.29 is 0 Å². The fourth-order valence-corrected chi connectivity index (χ4v) is 5.07. The Hall–Kier alpha value is -1.55. The molecule has 1 aliphatic carbocycles. The molecule has 0 radical (unpaired) electrons. The van der Waals surface area contributed by atoms with Crippen LogP contribution in [0.25, 0.3) is 11.0 Å². The maximum atomic E-state index is 12.5. The lowest BCUT2D eigenvalue weighted by molar-refractivity contribution is 0.0915. The van der Waals surface area contributed by atoms with Crippen molar-refractivity contribution in [2.75, 3.05) is 13.1 Å². The number of aromatic nitrogens is 2. The van der Waals surface area contributed by atoms with Gasteiger partial charge in [-0.1, -0.05) is 25.3 Å². The molecule has 4 heteroatoms. The summed E-state index contributed by atoms with van der Waals surface area (Å²) in [6, 6.07) is 7.31. The minimum Gasteiger partial charge on any atom is -0.306 e. The van der Waals surface area contributed by atoms with Crippen LogP contribution in [0.15, 0.2) is 23.0 Å². The van der Waals surface area contributed by atoms with Crippen LogP contribution in [0.1, 0.15) is 63.5 Å². The Kier molecular flexibility index (Phi) is 4.72. The summed E-state index contributed by atoms with van der Waals surface area (Å²) in [6.45, 7) is 6.73. The fraction of sp³-hybridized carbons (Fsp3) is 0.667. The highest BCUT2D eigenvalue weighted by Crippen LogP contribution is 2.32. The van der Waals surface area contributed by atoms with E-state index in [0.717, 1.165) is 42.9 Å². The number of nitrogens with one attached hydrogen (secondary N) is 1. The van der Waals surface area contributed by atoms with E-state index >= 15 is 0 Å². The van der Waals surface area contributed by atoms with Crippen LogP contribution >= 0.6 is 0 Å². The van der Waals surface area contributed by atoms with Crippen molar-refractivity contribution in [1.82, 2.24) is 14.5 Å². The summed E-state index contributed by atoms with van der Waals surface area (Å²) in [4.78, 5) is 18.2. The Morgan fingerprint density at radius 2 is 1.80 bits per heavy atom. The first-order valence-corrected chi connectivity index (χ1v) is 10.1. The van der Waals surface area contributed by atoms with Gasteiger partial charge < -0.3 is 9.88 Å². The molecule has 0 spiro atoms. The highest BCUT2D eigenvalue weighted by atomic mass is 16.1. The lowest BCUT2D eigenvalue weighted by Gasteiger charge is -2.40. The van der Waals surface area contributed by atoms with E-state index in [-0.39, 0.29) is 5.69 Å². The maximum Gasteiger partial charge on any atom is 0.326 e. The Morgan fingerprint density at radius 3 is 2.52 bits per heavy atom. The Morgan fingerprint density at radius 1 is 1.08 bits per heavy atom. The van der Waals surface area contributed by atoms with Crippen LogP contribution in [0.3, 0.4) is 0 Å². The number of nitrogens with zero attached hydrogens (tertiary/aromatic N) is 2. The van der Waals surface area contributed by atoms with Crippen LogP contribution in [-0.2, 0) is 0 Å². The number of aryl methyl sites for hydroxylation is 1. The van der Waals surface area contributed by atoms with E-state index in [9.17, 15) is 4.79 Å². The number of benzene rings is 1. The topological polar surface area (TPSA) is 41.0 Å². The highest BCUT2D eigenvalue weighted by Gasteiger charge is 2.30. The molecule has 4 rings (SSSR count). The van der Waals surface area contributed by atoms with Crippen molar-refractivity contribution in [1.29, 1.82) is 0 Å². The van der Waals surface area contributed by atoms with Gasteiger partial charge in [0.15, 0.2) is 0 Å². The van der Waals surface area contributed by atoms with Crippen LogP contribution in [0, 0.1) is 12.8 Å². The molecule has 1 aromatic heterocycles. The zero-order chi connectivity index (χ0) is 17.4. The maximum absolute atomic E-state index is 12.5. The molecule has 2 aromatic rings. The average Bonchev–Trinajstić information content (AvgIpc) is 2.97. The number of aromatic amines is 1. The first kappa shape index (κ1) is 16.9. The van der Waals surface area contributed by atoms with E-state index in [4.69, 9.17) is 0 Å². The third kappa shape index (κ3) is 3.29. The lowest BCUT2D eigenvalue weighted by atomic mass is 9.83. The van der Waals surface area contributed by atoms with E-state index in [1.54, 1.807) is 0 Å². The second-order valence-corrected chi connectivity index (χ2v) is 8.23. The standard InChI is InChI=1S/C21H31N3O/c1-15-8-9-20-19(14-15)22-21(25)24(20)18-10-12-23(13-11-18)16(2)17-6-4-3-5-7-17/h8-9,14,16-18H,3-7,10-13H2,1-2H3,(H,22,25). The van der Waals surface area contributed by atoms with Gasteiger partial charge in [0.05, 0.1) is 11.0 Å². The number of hydrogen-bond acceptors (Lipinski definition) is 2. The van der Waals surface area contributed by atoms with Crippen molar-refractivity contribution >= 4 is 11.0 Å². The summed E-state index contributed by atoms with van der Waals surface area (Å²) in [5.41, 5.74) is 3.29. The lowest BCUT2D eigenvalue weighted by Crippen LogP contribution is -2.45. The molecule has 1 N–H and O–H groups in total. The van der Waals surface area contributed by atoms with Gasteiger partial charge in [0, 0.05) is 25.2 Å². The van der Waals surface area contributed by atoms with E-state index in [1.807, 2.05) is 4.57 Å². The van der Waals surface area contributed by atoms with Crippen molar-refractivity contribution in [2.24, 2.45) is 5.92 Å². The van der Waals surface area contributed by atoms with E-state index in [2.05, 4.69) is 41.9 Å². The predicted octanol–water partition coefficient (Wildman–Crippen LogP) is 4.24. The molecule has 25 heavy (non-hydrogen) atoms. The molecule has 2 heterocycles. The zero-order valence-electron chi connectivity index (χ0n) is 15.6. The Bertz CT molecular complexity index is 776.